The molecule has 25 heavy (non-hydrogen) atoms. The Morgan fingerprint density at radius 2 is 1.96 bits per heavy atom. The summed E-state index contributed by atoms with van der Waals surface area (Å²) in [7, 11) is 0. The first-order valence-electron chi connectivity index (χ1n) is 9.83. The second-order valence-corrected chi connectivity index (χ2v) is 9.29. The number of Topliss-reactive ketones (excluding diaryl/α,β-unsaturated/α-hetero) is 1. The number of hydrogen-bond acceptors (Lipinski definition) is 4. The Balaban J connectivity index is 1.65. The lowest BCUT2D eigenvalue weighted by Crippen LogP contribution is -2.60. The number of ether oxygens (including phenoxy) is 1. The molecule has 0 amide bonds. The minimum absolute atomic E-state index is 0.00150. The first kappa shape index (κ1) is 17.3. The second-order valence-electron chi connectivity index (χ2n) is 9.29. The standard InChI is InChI=1S/C21H30O4/c1-13(22)25-15-6-9-19(2)14(12-15)4-5-17-16(19)7-10-20(3)18(23)8-11-21(17,20)24/h4,15-17,24H,5-12H2,1-3H3/t15-,16-,17+,19-,20+,21-/m0/s1. The summed E-state index contributed by atoms with van der Waals surface area (Å²) >= 11 is 0. The molecule has 0 bridgehead atoms. The lowest BCUT2D eigenvalue weighted by Gasteiger charge is -2.59. The summed E-state index contributed by atoms with van der Waals surface area (Å²) < 4.78 is 5.47. The number of carbonyl (C=O) groups excluding carboxylic acids is 2. The highest BCUT2D eigenvalue weighted by atomic mass is 16.5. The number of carbonyl (C=O) groups is 2. The van der Waals surface area contributed by atoms with E-state index in [2.05, 4.69) is 13.0 Å². The molecular formula is C21H30O4. The molecule has 4 aliphatic carbocycles. The first-order valence-corrected chi connectivity index (χ1v) is 9.83. The maximum Gasteiger partial charge on any atom is 0.302 e. The van der Waals surface area contributed by atoms with E-state index in [9.17, 15) is 14.7 Å². The van der Waals surface area contributed by atoms with E-state index in [0.29, 0.717) is 18.8 Å². The van der Waals surface area contributed by atoms with E-state index in [0.717, 1.165) is 38.5 Å². The molecule has 0 heterocycles. The van der Waals surface area contributed by atoms with Gasteiger partial charge in [0, 0.05) is 19.8 Å². The molecule has 0 aromatic heterocycles. The Labute approximate surface area is 150 Å². The highest BCUT2D eigenvalue weighted by Gasteiger charge is 2.66. The van der Waals surface area contributed by atoms with Crippen molar-refractivity contribution in [3.05, 3.63) is 11.6 Å². The van der Waals surface area contributed by atoms with Crippen LogP contribution in [0.15, 0.2) is 11.6 Å². The third-order valence-electron chi connectivity index (χ3n) is 8.29. The molecule has 0 radical (unpaired) electrons. The zero-order valence-corrected chi connectivity index (χ0v) is 15.6. The van der Waals surface area contributed by atoms with Gasteiger partial charge in [-0.15, -0.1) is 0 Å². The molecule has 0 aliphatic heterocycles. The summed E-state index contributed by atoms with van der Waals surface area (Å²) in [5, 5.41) is 11.6. The molecule has 4 nitrogen and oxygen atoms in total. The molecule has 1 N–H and O–H groups in total. The SMILES string of the molecule is CC(=O)O[C@H]1CC[C@@]2(C)C(=CC[C@@H]3[C@@H]2CC[C@]2(C)C(=O)CC[C@]32O)C1. The van der Waals surface area contributed by atoms with Crippen LogP contribution in [-0.4, -0.2) is 28.6 Å². The Morgan fingerprint density at radius 1 is 1.20 bits per heavy atom. The zero-order valence-electron chi connectivity index (χ0n) is 15.6. The van der Waals surface area contributed by atoms with Gasteiger partial charge >= 0.3 is 5.97 Å². The minimum atomic E-state index is -0.842. The molecule has 4 rings (SSSR count). The molecule has 4 heteroatoms. The van der Waals surface area contributed by atoms with Gasteiger partial charge in [-0.1, -0.05) is 18.6 Å². The lowest BCUT2D eigenvalue weighted by molar-refractivity contribution is -0.175. The van der Waals surface area contributed by atoms with Crippen molar-refractivity contribution in [2.45, 2.75) is 83.8 Å². The van der Waals surface area contributed by atoms with Crippen molar-refractivity contribution >= 4 is 11.8 Å². The van der Waals surface area contributed by atoms with Crippen molar-refractivity contribution < 1.29 is 19.4 Å². The number of hydrogen-bond donors (Lipinski definition) is 1. The van der Waals surface area contributed by atoms with E-state index in [-0.39, 0.29) is 29.2 Å². The Hall–Kier alpha value is -1.16. The topological polar surface area (TPSA) is 63.6 Å². The van der Waals surface area contributed by atoms with E-state index >= 15 is 0 Å². The number of fused-ring (bicyclic) bond motifs is 5. The number of esters is 1. The van der Waals surface area contributed by atoms with E-state index in [1.54, 1.807) is 0 Å². The van der Waals surface area contributed by atoms with Gasteiger partial charge in [-0.25, -0.2) is 0 Å². The number of rotatable bonds is 1. The average molecular weight is 346 g/mol. The molecule has 0 aromatic carbocycles. The monoisotopic (exact) mass is 346 g/mol. The van der Waals surface area contributed by atoms with Crippen molar-refractivity contribution in [1.82, 2.24) is 0 Å². The third-order valence-corrected chi connectivity index (χ3v) is 8.29. The molecule has 138 valence electrons. The second kappa shape index (κ2) is 5.42. The molecule has 3 fully saturated rings. The van der Waals surface area contributed by atoms with Gasteiger partial charge in [0.05, 0.1) is 11.0 Å². The molecule has 4 aliphatic rings. The van der Waals surface area contributed by atoms with Crippen LogP contribution in [-0.2, 0) is 14.3 Å². The average Bonchev–Trinajstić information content (AvgIpc) is 2.79. The van der Waals surface area contributed by atoms with Gasteiger partial charge < -0.3 is 9.84 Å². The van der Waals surface area contributed by atoms with Crippen molar-refractivity contribution in [2.75, 3.05) is 0 Å². The normalized spacial score (nSPS) is 48.9. The van der Waals surface area contributed by atoms with Crippen molar-refractivity contribution in [3.8, 4) is 0 Å². The van der Waals surface area contributed by atoms with Gasteiger partial charge in [0.1, 0.15) is 11.9 Å². The summed E-state index contributed by atoms with van der Waals surface area (Å²) in [5.74, 6) is 0.661. The summed E-state index contributed by atoms with van der Waals surface area (Å²) in [4.78, 5) is 23.8. The van der Waals surface area contributed by atoms with Crippen LogP contribution < -0.4 is 0 Å². The lowest BCUT2D eigenvalue weighted by atomic mass is 9.46. The van der Waals surface area contributed by atoms with Crippen LogP contribution in [0.25, 0.3) is 0 Å². The van der Waals surface area contributed by atoms with E-state index in [1.807, 2.05) is 6.92 Å². The predicted octanol–water partition coefficient (Wildman–Crippen LogP) is 3.56. The largest absolute Gasteiger partial charge is 0.462 e. The van der Waals surface area contributed by atoms with Gasteiger partial charge in [-0.05, 0) is 62.7 Å². The number of allylic oxidation sites excluding steroid dienone is 1. The fraction of sp³-hybridized carbons (Fsp3) is 0.810. The summed E-state index contributed by atoms with van der Waals surface area (Å²) in [5.41, 5.74) is 0.0838. The molecule has 3 saturated carbocycles. The van der Waals surface area contributed by atoms with Crippen molar-refractivity contribution in [2.24, 2.45) is 22.7 Å². The highest BCUT2D eigenvalue weighted by Crippen LogP contribution is 2.65. The first-order chi connectivity index (χ1) is 11.7. The summed E-state index contributed by atoms with van der Waals surface area (Å²) in [6.45, 7) is 5.81. The van der Waals surface area contributed by atoms with Gasteiger partial charge in [0.2, 0.25) is 0 Å². The fourth-order valence-corrected chi connectivity index (χ4v) is 6.69. The van der Waals surface area contributed by atoms with Crippen LogP contribution in [0.4, 0.5) is 0 Å². The smallest absolute Gasteiger partial charge is 0.302 e. The molecule has 0 saturated heterocycles. The Bertz CT molecular complexity index is 652. The van der Waals surface area contributed by atoms with Gasteiger partial charge in [-0.2, -0.15) is 0 Å². The zero-order chi connectivity index (χ0) is 18.0. The van der Waals surface area contributed by atoms with Crippen molar-refractivity contribution in [3.63, 3.8) is 0 Å². The molecule has 0 unspecified atom stereocenters. The quantitative estimate of drug-likeness (QED) is 0.582. The van der Waals surface area contributed by atoms with E-state index < -0.39 is 11.0 Å². The number of aliphatic hydroxyl groups is 1. The van der Waals surface area contributed by atoms with Crippen LogP contribution in [0.3, 0.4) is 0 Å². The molecule has 0 spiro atoms. The molecule has 0 aromatic rings. The maximum atomic E-state index is 12.5. The van der Waals surface area contributed by atoms with Crippen LogP contribution in [0.5, 0.6) is 0 Å². The molecule has 6 atom stereocenters. The van der Waals surface area contributed by atoms with Crippen molar-refractivity contribution in [1.29, 1.82) is 0 Å². The Kier molecular flexibility index (Phi) is 3.74. The van der Waals surface area contributed by atoms with Gasteiger partial charge in [0.25, 0.3) is 0 Å². The maximum absolute atomic E-state index is 12.5. The molecular weight excluding hydrogens is 316 g/mol. The minimum Gasteiger partial charge on any atom is -0.462 e. The van der Waals surface area contributed by atoms with Crippen LogP contribution in [0.2, 0.25) is 0 Å². The summed E-state index contributed by atoms with van der Waals surface area (Å²) in [6.07, 6.45) is 8.83. The third kappa shape index (κ3) is 2.22. The van der Waals surface area contributed by atoms with Gasteiger partial charge in [-0.3, -0.25) is 9.59 Å². The van der Waals surface area contributed by atoms with E-state index in [1.165, 1.54) is 12.5 Å². The van der Waals surface area contributed by atoms with Gasteiger partial charge in [0.15, 0.2) is 0 Å². The number of ketones is 1. The predicted molar refractivity (Wildman–Crippen MR) is 93.7 cm³/mol. The van der Waals surface area contributed by atoms with Crippen LogP contribution in [0.1, 0.15) is 72.1 Å². The van der Waals surface area contributed by atoms with E-state index in [4.69, 9.17) is 4.74 Å². The highest BCUT2D eigenvalue weighted by molar-refractivity contribution is 5.88. The van der Waals surface area contributed by atoms with Crippen LogP contribution in [0, 0.1) is 22.7 Å². The fourth-order valence-electron chi connectivity index (χ4n) is 6.69. The summed E-state index contributed by atoms with van der Waals surface area (Å²) in [6, 6.07) is 0. The Morgan fingerprint density at radius 3 is 2.68 bits per heavy atom. The van der Waals surface area contributed by atoms with Crippen LogP contribution >= 0.6 is 0 Å².